The molecule has 2 rings (SSSR count). The number of anilines is 1. The fourth-order valence-corrected chi connectivity index (χ4v) is 2.17. The van der Waals surface area contributed by atoms with E-state index < -0.39 is 11.6 Å². The minimum absolute atomic E-state index is 0.0811. The number of benzene rings is 1. The van der Waals surface area contributed by atoms with Gasteiger partial charge in [0.15, 0.2) is 17.5 Å². The summed E-state index contributed by atoms with van der Waals surface area (Å²) in [7, 11) is 1.58. The van der Waals surface area contributed by atoms with E-state index in [1.165, 1.54) is 4.68 Å². The Morgan fingerprint density at radius 3 is 2.71 bits per heavy atom. The summed E-state index contributed by atoms with van der Waals surface area (Å²) in [5.41, 5.74) is 6.09. The first-order valence-corrected chi connectivity index (χ1v) is 6.60. The Hall–Kier alpha value is -2.09. The fraction of sp³-hybridized carbons (Fsp3) is 0.462. The molecule has 1 aromatic carbocycles. The summed E-state index contributed by atoms with van der Waals surface area (Å²) < 4.78 is 33.3. The number of hydrogen-bond acceptors (Lipinski definition) is 5. The highest BCUT2D eigenvalue weighted by molar-refractivity contribution is 5.71. The molecule has 2 N–H and O–H groups in total. The Morgan fingerprint density at radius 1 is 1.33 bits per heavy atom. The predicted molar refractivity (Wildman–Crippen MR) is 73.4 cm³/mol. The summed E-state index contributed by atoms with van der Waals surface area (Å²) in [5.74, 6) is -1.70. The van der Waals surface area contributed by atoms with Crippen molar-refractivity contribution in [3.05, 3.63) is 23.8 Å². The SMILES string of the molecule is CCCC(COC)n1nnnc1-c1cc(F)c(F)cc1N. The van der Waals surface area contributed by atoms with Crippen molar-refractivity contribution in [2.75, 3.05) is 19.5 Å². The molecule has 1 unspecified atom stereocenters. The number of methoxy groups -OCH3 is 1. The molecule has 0 amide bonds. The first-order valence-electron chi connectivity index (χ1n) is 6.60. The van der Waals surface area contributed by atoms with Gasteiger partial charge in [0.1, 0.15) is 0 Å². The summed E-state index contributed by atoms with van der Waals surface area (Å²) in [6.45, 7) is 2.44. The number of tetrazole rings is 1. The van der Waals surface area contributed by atoms with Crippen molar-refractivity contribution in [2.24, 2.45) is 0 Å². The number of hydrogen-bond donors (Lipinski definition) is 1. The second-order valence-corrected chi connectivity index (χ2v) is 4.70. The van der Waals surface area contributed by atoms with E-state index in [0.717, 1.165) is 25.0 Å². The van der Waals surface area contributed by atoms with Crippen molar-refractivity contribution in [3.8, 4) is 11.4 Å². The van der Waals surface area contributed by atoms with Crippen molar-refractivity contribution in [3.63, 3.8) is 0 Å². The van der Waals surface area contributed by atoms with E-state index in [0.29, 0.717) is 12.4 Å². The maximum atomic E-state index is 13.4. The van der Waals surface area contributed by atoms with E-state index in [-0.39, 0.29) is 17.3 Å². The van der Waals surface area contributed by atoms with Crippen LogP contribution >= 0.6 is 0 Å². The largest absolute Gasteiger partial charge is 0.398 e. The van der Waals surface area contributed by atoms with Crippen LogP contribution in [0.3, 0.4) is 0 Å². The average molecular weight is 297 g/mol. The molecular weight excluding hydrogens is 280 g/mol. The number of halogens is 2. The van der Waals surface area contributed by atoms with Crippen molar-refractivity contribution < 1.29 is 13.5 Å². The highest BCUT2D eigenvalue weighted by Gasteiger charge is 2.21. The lowest BCUT2D eigenvalue weighted by molar-refractivity contribution is 0.144. The maximum Gasteiger partial charge on any atom is 0.184 e. The summed E-state index contributed by atoms with van der Waals surface area (Å²) in [4.78, 5) is 0. The number of nitrogen functional groups attached to an aromatic ring is 1. The summed E-state index contributed by atoms with van der Waals surface area (Å²) >= 11 is 0. The molecule has 0 radical (unpaired) electrons. The molecule has 1 atom stereocenters. The van der Waals surface area contributed by atoms with Crippen LogP contribution in [0, 0.1) is 11.6 Å². The molecule has 0 aliphatic carbocycles. The third-order valence-electron chi connectivity index (χ3n) is 3.15. The second kappa shape index (κ2) is 6.57. The van der Waals surface area contributed by atoms with Gasteiger partial charge in [0.05, 0.1) is 12.6 Å². The van der Waals surface area contributed by atoms with Crippen LogP contribution in [0.2, 0.25) is 0 Å². The van der Waals surface area contributed by atoms with E-state index in [1.54, 1.807) is 7.11 Å². The normalized spacial score (nSPS) is 12.6. The smallest absolute Gasteiger partial charge is 0.184 e. The fourth-order valence-electron chi connectivity index (χ4n) is 2.17. The summed E-state index contributed by atoms with van der Waals surface area (Å²) in [5, 5.41) is 11.4. The van der Waals surface area contributed by atoms with Gasteiger partial charge in [0, 0.05) is 24.4 Å². The topological polar surface area (TPSA) is 78.8 Å². The molecular formula is C13H17F2N5O. The summed E-state index contributed by atoms with van der Waals surface area (Å²) in [6.07, 6.45) is 1.69. The number of nitrogens with two attached hydrogens (primary N) is 1. The van der Waals surface area contributed by atoms with Crippen molar-refractivity contribution in [1.29, 1.82) is 0 Å². The molecule has 2 aromatic rings. The number of nitrogens with zero attached hydrogens (tertiary/aromatic N) is 4. The standard InChI is InChI=1S/C13H17F2N5O/c1-3-4-8(7-21-2)20-13(17-18-19-20)9-5-10(14)11(15)6-12(9)16/h5-6,8H,3-4,7,16H2,1-2H3. The van der Waals surface area contributed by atoms with Crippen molar-refractivity contribution in [1.82, 2.24) is 20.2 Å². The van der Waals surface area contributed by atoms with Crippen LogP contribution in [-0.4, -0.2) is 33.9 Å². The summed E-state index contributed by atoms with van der Waals surface area (Å²) in [6, 6.07) is 1.83. The molecule has 0 aliphatic rings. The lowest BCUT2D eigenvalue weighted by Crippen LogP contribution is -2.17. The molecule has 0 saturated heterocycles. The van der Waals surface area contributed by atoms with Gasteiger partial charge in [-0.1, -0.05) is 13.3 Å². The van der Waals surface area contributed by atoms with Gasteiger partial charge in [-0.05, 0) is 22.9 Å². The zero-order valence-electron chi connectivity index (χ0n) is 11.9. The van der Waals surface area contributed by atoms with Gasteiger partial charge in [0.2, 0.25) is 0 Å². The molecule has 0 aliphatic heterocycles. The average Bonchev–Trinajstić information content (AvgIpc) is 2.91. The zero-order valence-corrected chi connectivity index (χ0v) is 11.9. The molecule has 6 nitrogen and oxygen atoms in total. The molecule has 8 heteroatoms. The van der Waals surface area contributed by atoms with Crippen LogP contribution in [0.25, 0.3) is 11.4 Å². The number of ether oxygens (including phenoxy) is 1. The molecule has 114 valence electrons. The van der Waals surface area contributed by atoms with Crippen molar-refractivity contribution >= 4 is 5.69 Å². The predicted octanol–water partition coefficient (Wildman–Crippen LogP) is 2.19. The first kappa shape index (κ1) is 15.3. The quantitative estimate of drug-likeness (QED) is 0.827. The van der Waals surface area contributed by atoms with E-state index in [9.17, 15) is 8.78 Å². The Labute approximate surface area is 120 Å². The second-order valence-electron chi connectivity index (χ2n) is 4.70. The van der Waals surface area contributed by atoms with Gasteiger partial charge in [0.25, 0.3) is 0 Å². The maximum absolute atomic E-state index is 13.4. The van der Waals surface area contributed by atoms with E-state index >= 15 is 0 Å². The van der Waals surface area contributed by atoms with E-state index in [2.05, 4.69) is 15.5 Å². The van der Waals surface area contributed by atoms with Crippen molar-refractivity contribution in [2.45, 2.75) is 25.8 Å². The van der Waals surface area contributed by atoms with Crippen LogP contribution in [0.5, 0.6) is 0 Å². The lowest BCUT2D eigenvalue weighted by atomic mass is 10.1. The first-order chi connectivity index (χ1) is 10.1. The molecule has 0 fully saturated rings. The highest BCUT2D eigenvalue weighted by Crippen LogP contribution is 2.28. The van der Waals surface area contributed by atoms with Crippen LogP contribution in [0.4, 0.5) is 14.5 Å². The van der Waals surface area contributed by atoms with Crippen LogP contribution in [-0.2, 0) is 4.74 Å². The zero-order chi connectivity index (χ0) is 15.4. The lowest BCUT2D eigenvalue weighted by Gasteiger charge is -2.17. The Morgan fingerprint density at radius 2 is 2.05 bits per heavy atom. The van der Waals surface area contributed by atoms with Gasteiger partial charge >= 0.3 is 0 Å². The molecule has 0 saturated carbocycles. The van der Waals surface area contributed by atoms with Crippen LogP contribution in [0.1, 0.15) is 25.8 Å². The van der Waals surface area contributed by atoms with E-state index in [1.807, 2.05) is 6.92 Å². The third kappa shape index (κ3) is 3.15. The Kier molecular flexibility index (Phi) is 4.79. The number of rotatable bonds is 6. The third-order valence-corrected chi connectivity index (χ3v) is 3.15. The van der Waals surface area contributed by atoms with Gasteiger partial charge in [-0.3, -0.25) is 0 Å². The highest BCUT2D eigenvalue weighted by atomic mass is 19.2. The molecule has 0 spiro atoms. The minimum Gasteiger partial charge on any atom is -0.398 e. The molecule has 21 heavy (non-hydrogen) atoms. The van der Waals surface area contributed by atoms with Gasteiger partial charge in [-0.2, -0.15) is 0 Å². The Bertz CT molecular complexity index is 611. The molecule has 1 aromatic heterocycles. The van der Waals surface area contributed by atoms with Gasteiger partial charge in [-0.15, -0.1) is 5.10 Å². The van der Waals surface area contributed by atoms with Gasteiger partial charge in [-0.25, -0.2) is 13.5 Å². The van der Waals surface area contributed by atoms with Crippen LogP contribution in [0.15, 0.2) is 12.1 Å². The molecule has 1 heterocycles. The van der Waals surface area contributed by atoms with Crippen LogP contribution < -0.4 is 5.73 Å². The molecule has 0 bridgehead atoms. The van der Waals surface area contributed by atoms with Gasteiger partial charge < -0.3 is 10.5 Å². The Balaban J connectivity index is 2.46. The number of aromatic nitrogens is 4. The minimum atomic E-state index is -1.00. The van der Waals surface area contributed by atoms with E-state index in [4.69, 9.17) is 10.5 Å². The monoisotopic (exact) mass is 297 g/mol.